The summed E-state index contributed by atoms with van der Waals surface area (Å²) >= 11 is 0. The van der Waals surface area contributed by atoms with Gasteiger partial charge in [0.05, 0.1) is 13.1 Å². The number of aliphatic carboxylic acids is 1. The third-order valence-electron chi connectivity index (χ3n) is 3.07. The van der Waals surface area contributed by atoms with E-state index < -0.39 is 5.97 Å². The highest BCUT2D eigenvalue weighted by molar-refractivity contribution is 5.79. The summed E-state index contributed by atoms with van der Waals surface area (Å²) in [5.41, 5.74) is 0. The molecule has 0 aromatic carbocycles. The zero-order chi connectivity index (χ0) is 13.7. The molecule has 0 spiro atoms. The van der Waals surface area contributed by atoms with Crippen LogP contribution in [-0.2, 0) is 9.59 Å². The minimum Gasteiger partial charge on any atom is -0.480 e. The molecule has 0 aliphatic heterocycles. The predicted octanol–water partition coefficient (Wildman–Crippen LogP) is -0.445. The van der Waals surface area contributed by atoms with Gasteiger partial charge in [-0.2, -0.15) is 0 Å². The molecule has 1 saturated carbocycles. The normalized spacial score (nSPS) is 15.2. The first kappa shape index (κ1) is 14.9. The zero-order valence-corrected chi connectivity index (χ0v) is 11.4. The lowest BCUT2D eigenvalue weighted by molar-refractivity contribution is -0.139. The molecule has 0 bridgehead atoms. The number of nitrogens with zero attached hydrogens (tertiary/aromatic N) is 3. The maximum Gasteiger partial charge on any atom is 0.317 e. The van der Waals surface area contributed by atoms with E-state index in [1.807, 2.05) is 19.0 Å². The predicted molar refractivity (Wildman–Crippen MR) is 68.4 cm³/mol. The minimum atomic E-state index is -0.893. The molecular formula is C12H23N3O3. The van der Waals surface area contributed by atoms with Crippen LogP contribution in [0.4, 0.5) is 0 Å². The largest absolute Gasteiger partial charge is 0.480 e. The fraction of sp³-hybridized carbons (Fsp3) is 0.833. The molecule has 0 saturated heterocycles. The van der Waals surface area contributed by atoms with E-state index >= 15 is 0 Å². The van der Waals surface area contributed by atoms with Crippen molar-refractivity contribution in [3.05, 3.63) is 0 Å². The number of hydrogen-bond acceptors (Lipinski definition) is 4. The molecule has 6 nitrogen and oxygen atoms in total. The summed E-state index contributed by atoms with van der Waals surface area (Å²) in [4.78, 5) is 28.1. The fourth-order valence-electron chi connectivity index (χ4n) is 1.72. The van der Waals surface area contributed by atoms with Crippen LogP contribution in [0.15, 0.2) is 0 Å². The highest BCUT2D eigenvalue weighted by Gasteiger charge is 2.30. The van der Waals surface area contributed by atoms with E-state index in [1.165, 1.54) is 0 Å². The second-order valence-corrected chi connectivity index (χ2v) is 5.14. The van der Waals surface area contributed by atoms with Gasteiger partial charge in [-0.3, -0.25) is 14.5 Å². The topological polar surface area (TPSA) is 64.1 Å². The van der Waals surface area contributed by atoms with Crippen LogP contribution >= 0.6 is 0 Å². The first-order valence-corrected chi connectivity index (χ1v) is 6.24. The maximum absolute atomic E-state index is 11.9. The molecule has 0 aromatic rings. The standard InChI is InChI=1S/C12H23N3O3/c1-13(2)6-7-15(9-12(17)18)8-11(16)14(3)10-4-5-10/h10H,4-9H2,1-3H3,(H,17,18). The number of carboxylic acids is 1. The number of hydrogen-bond donors (Lipinski definition) is 1. The summed E-state index contributed by atoms with van der Waals surface area (Å²) in [7, 11) is 5.65. The van der Waals surface area contributed by atoms with Gasteiger partial charge >= 0.3 is 5.97 Å². The van der Waals surface area contributed by atoms with E-state index in [9.17, 15) is 9.59 Å². The molecule has 18 heavy (non-hydrogen) atoms. The van der Waals surface area contributed by atoms with Gasteiger partial charge < -0.3 is 14.9 Å². The summed E-state index contributed by atoms with van der Waals surface area (Å²) < 4.78 is 0. The van der Waals surface area contributed by atoms with Crippen LogP contribution in [0, 0.1) is 0 Å². The molecule has 1 aliphatic rings. The zero-order valence-electron chi connectivity index (χ0n) is 11.4. The number of carbonyl (C=O) groups is 2. The Labute approximate surface area is 108 Å². The SMILES string of the molecule is CN(C)CCN(CC(=O)O)CC(=O)N(C)C1CC1. The molecule has 0 heterocycles. The fourth-order valence-corrected chi connectivity index (χ4v) is 1.72. The van der Waals surface area contributed by atoms with Crippen LogP contribution in [0.1, 0.15) is 12.8 Å². The van der Waals surface area contributed by atoms with Crippen molar-refractivity contribution < 1.29 is 14.7 Å². The molecule has 0 aromatic heterocycles. The van der Waals surface area contributed by atoms with Crippen LogP contribution < -0.4 is 0 Å². The van der Waals surface area contributed by atoms with E-state index in [0.29, 0.717) is 12.6 Å². The van der Waals surface area contributed by atoms with Gasteiger partial charge in [-0.05, 0) is 26.9 Å². The van der Waals surface area contributed by atoms with Gasteiger partial charge in [0.15, 0.2) is 0 Å². The summed E-state index contributed by atoms with van der Waals surface area (Å²) in [5.74, 6) is -0.881. The van der Waals surface area contributed by atoms with Crippen molar-refractivity contribution in [1.82, 2.24) is 14.7 Å². The smallest absolute Gasteiger partial charge is 0.317 e. The number of carboxylic acid groups (broad SMARTS) is 1. The molecule has 1 rings (SSSR count). The van der Waals surface area contributed by atoms with Gasteiger partial charge in [0.25, 0.3) is 0 Å². The average molecular weight is 257 g/mol. The Morgan fingerprint density at radius 1 is 1.11 bits per heavy atom. The van der Waals surface area contributed by atoms with Crippen LogP contribution in [0.25, 0.3) is 0 Å². The Kier molecular flexibility index (Phi) is 5.55. The van der Waals surface area contributed by atoms with Gasteiger partial charge in [0.1, 0.15) is 0 Å². The van der Waals surface area contributed by atoms with E-state index in [-0.39, 0.29) is 19.0 Å². The second kappa shape index (κ2) is 6.70. The first-order chi connectivity index (χ1) is 8.40. The van der Waals surface area contributed by atoms with E-state index in [0.717, 1.165) is 19.4 Å². The first-order valence-electron chi connectivity index (χ1n) is 6.24. The third-order valence-corrected chi connectivity index (χ3v) is 3.07. The molecule has 0 atom stereocenters. The quantitative estimate of drug-likeness (QED) is 0.638. The molecule has 104 valence electrons. The Bertz CT molecular complexity index is 303. The molecule has 6 heteroatoms. The van der Waals surface area contributed by atoms with Crippen molar-refractivity contribution in [2.75, 3.05) is 47.3 Å². The van der Waals surface area contributed by atoms with Crippen molar-refractivity contribution in [2.24, 2.45) is 0 Å². The summed E-state index contributed by atoms with van der Waals surface area (Å²) in [6.07, 6.45) is 2.14. The Balaban J connectivity index is 2.42. The van der Waals surface area contributed by atoms with Crippen molar-refractivity contribution >= 4 is 11.9 Å². The summed E-state index contributed by atoms with van der Waals surface area (Å²) in [6, 6.07) is 0.373. The third kappa shape index (κ3) is 5.46. The molecule has 0 radical (unpaired) electrons. The lowest BCUT2D eigenvalue weighted by Crippen LogP contribution is -2.43. The Morgan fingerprint density at radius 3 is 2.17 bits per heavy atom. The maximum atomic E-state index is 11.9. The second-order valence-electron chi connectivity index (χ2n) is 5.14. The van der Waals surface area contributed by atoms with Crippen LogP contribution in [-0.4, -0.2) is 85.0 Å². The molecule has 0 unspecified atom stereocenters. The Hall–Kier alpha value is -1.14. The van der Waals surface area contributed by atoms with Crippen molar-refractivity contribution in [2.45, 2.75) is 18.9 Å². The number of amides is 1. The average Bonchev–Trinajstić information content (AvgIpc) is 3.07. The van der Waals surface area contributed by atoms with E-state index in [1.54, 1.807) is 16.8 Å². The van der Waals surface area contributed by atoms with Gasteiger partial charge in [-0.15, -0.1) is 0 Å². The van der Waals surface area contributed by atoms with Crippen molar-refractivity contribution in [3.8, 4) is 0 Å². The highest BCUT2D eigenvalue weighted by Crippen LogP contribution is 2.25. The summed E-state index contributed by atoms with van der Waals surface area (Å²) in [6.45, 7) is 1.43. The van der Waals surface area contributed by atoms with E-state index in [4.69, 9.17) is 5.11 Å². The van der Waals surface area contributed by atoms with Crippen LogP contribution in [0.3, 0.4) is 0 Å². The molecule has 1 amide bonds. The van der Waals surface area contributed by atoms with Crippen LogP contribution in [0.2, 0.25) is 0 Å². The monoisotopic (exact) mass is 257 g/mol. The Morgan fingerprint density at radius 2 is 1.72 bits per heavy atom. The van der Waals surface area contributed by atoms with Crippen molar-refractivity contribution in [1.29, 1.82) is 0 Å². The molecule has 1 N–H and O–H groups in total. The number of carbonyl (C=O) groups excluding carboxylic acids is 1. The highest BCUT2D eigenvalue weighted by atomic mass is 16.4. The number of rotatable bonds is 8. The van der Waals surface area contributed by atoms with E-state index in [2.05, 4.69) is 0 Å². The molecule has 1 fully saturated rings. The van der Waals surface area contributed by atoms with Gasteiger partial charge in [0.2, 0.25) is 5.91 Å². The molecule has 1 aliphatic carbocycles. The minimum absolute atomic E-state index is 0.0116. The molecular weight excluding hydrogens is 234 g/mol. The van der Waals surface area contributed by atoms with Crippen molar-refractivity contribution in [3.63, 3.8) is 0 Å². The number of likely N-dealkylation sites (N-methyl/N-ethyl adjacent to an activating group) is 2. The van der Waals surface area contributed by atoms with Gasteiger partial charge in [-0.25, -0.2) is 0 Å². The summed E-state index contributed by atoms with van der Waals surface area (Å²) in [5, 5.41) is 8.84. The van der Waals surface area contributed by atoms with Gasteiger partial charge in [0, 0.05) is 26.2 Å². The van der Waals surface area contributed by atoms with Gasteiger partial charge in [-0.1, -0.05) is 0 Å². The lowest BCUT2D eigenvalue weighted by atomic mass is 10.4. The van der Waals surface area contributed by atoms with Crippen LogP contribution in [0.5, 0.6) is 0 Å². The lowest BCUT2D eigenvalue weighted by Gasteiger charge is -2.24.